The molecule has 4 N–H and O–H groups in total. The van der Waals surface area contributed by atoms with Crippen LogP contribution >= 0.6 is 46.4 Å². The van der Waals surface area contributed by atoms with Gasteiger partial charge in [-0.2, -0.15) is 0 Å². The lowest BCUT2D eigenvalue weighted by molar-refractivity contribution is -0.168. The Morgan fingerprint density at radius 3 is 1.29 bits per heavy atom. The predicted octanol–water partition coefficient (Wildman–Crippen LogP) is 12.0. The lowest BCUT2D eigenvalue weighted by Crippen LogP contribution is -2.56. The summed E-state index contributed by atoms with van der Waals surface area (Å²) in [6.45, 7) is 0. The zero-order valence-corrected chi connectivity index (χ0v) is 35.2. The molecule has 0 bridgehead atoms. The third-order valence-electron chi connectivity index (χ3n) is 13.6. The Labute approximate surface area is 360 Å². The van der Waals surface area contributed by atoms with Gasteiger partial charge in [-0.25, -0.2) is 0 Å². The maximum atomic E-state index is 12.4. The fourth-order valence-corrected chi connectivity index (χ4v) is 11.7. The van der Waals surface area contributed by atoms with Gasteiger partial charge in [0.05, 0.1) is 0 Å². The van der Waals surface area contributed by atoms with E-state index in [1.807, 2.05) is 84.9 Å². The molecule has 0 heterocycles. The van der Waals surface area contributed by atoms with E-state index in [0.717, 1.165) is 46.2 Å². The van der Waals surface area contributed by atoms with Crippen LogP contribution in [0.25, 0.3) is 12.2 Å². The van der Waals surface area contributed by atoms with Crippen molar-refractivity contribution in [2.24, 2.45) is 22.7 Å². The van der Waals surface area contributed by atoms with E-state index in [9.17, 15) is 30.0 Å². The Morgan fingerprint density at radius 2 is 0.948 bits per heavy atom. The molecule has 0 aliphatic heterocycles. The van der Waals surface area contributed by atoms with Gasteiger partial charge in [0.2, 0.25) is 0 Å². The van der Waals surface area contributed by atoms with Gasteiger partial charge in [0.1, 0.15) is 22.0 Å². The molecule has 4 saturated carbocycles. The third-order valence-corrected chi connectivity index (χ3v) is 14.8. The molecule has 58 heavy (non-hydrogen) atoms. The molecule has 0 unspecified atom stereocenters. The molecule has 4 aliphatic rings. The molecule has 0 spiro atoms. The SMILES string of the molecule is O=C(O)[C@@]12CCC/C(=C\c3ccccc3)[C@]1(O)[C@@H](Cc1ccc(Cl)cc1Cl)CC2.O=C(O)[C@]12CCC/C(=C\c3ccccc3)[C@@]1(O)[C@H](Cc1ccc(Cl)cc1Cl)CC2. The molecule has 6 atom stereocenters. The summed E-state index contributed by atoms with van der Waals surface area (Å²) in [6, 6.07) is 30.3. The van der Waals surface area contributed by atoms with Crippen LogP contribution in [0.2, 0.25) is 20.1 Å². The molecule has 0 radical (unpaired) electrons. The lowest BCUT2D eigenvalue weighted by atomic mass is 9.59. The number of fused-ring (bicyclic) bond motifs is 2. The largest absolute Gasteiger partial charge is 0.481 e. The van der Waals surface area contributed by atoms with Crippen LogP contribution in [0.15, 0.2) is 108 Å². The van der Waals surface area contributed by atoms with E-state index in [0.29, 0.717) is 84.3 Å². The van der Waals surface area contributed by atoms with Gasteiger partial charge in [-0.1, -0.05) is 131 Å². The average Bonchev–Trinajstić information content (AvgIpc) is 3.68. The van der Waals surface area contributed by atoms with Crippen LogP contribution in [0.4, 0.5) is 0 Å². The molecule has 0 aromatic heterocycles. The quantitative estimate of drug-likeness (QED) is 0.140. The Kier molecular flexibility index (Phi) is 12.6. The van der Waals surface area contributed by atoms with Gasteiger partial charge < -0.3 is 20.4 Å². The van der Waals surface area contributed by atoms with Gasteiger partial charge in [0.25, 0.3) is 0 Å². The molecular weight excluding hydrogens is 814 g/mol. The Morgan fingerprint density at radius 1 is 0.569 bits per heavy atom. The first kappa shape index (κ1) is 42.5. The monoisotopic (exact) mass is 860 g/mol. The summed E-state index contributed by atoms with van der Waals surface area (Å²) in [4.78, 5) is 24.9. The average molecular weight is 863 g/mol. The topological polar surface area (TPSA) is 115 Å². The molecule has 4 aromatic carbocycles. The minimum atomic E-state index is -1.39. The van der Waals surface area contributed by atoms with Crippen LogP contribution in [-0.2, 0) is 22.4 Å². The van der Waals surface area contributed by atoms with E-state index in [2.05, 4.69) is 0 Å². The number of hydrogen-bond acceptors (Lipinski definition) is 4. The number of hydrogen-bond donors (Lipinski definition) is 4. The smallest absolute Gasteiger partial charge is 0.312 e. The number of aliphatic carboxylic acids is 2. The lowest BCUT2D eigenvalue weighted by Gasteiger charge is -2.47. The van der Waals surface area contributed by atoms with Crippen molar-refractivity contribution in [3.05, 3.63) is 151 Å². The first-order valence-corrected chi connectivity index (χ1v) is 21.6. The molecule has 4 fully saturated rings. The van der Waals surface area contributed by atoms with Crippen molar-refractivity contribution in [2.45, 2.75) is 88.3 Å². The summed E-state index contributed by atoms with van der Waals surface area (Å²) in [6.07, 6.45) is 11.2. The summed E-state index contributed by atoms with van der Waals surface area (Å²) in [5.41, 5.74) is 0.312. The molecule has 0 amide bonds. The first-order chi connectivity index (χ1) is 27.7. The highest BCUT2D eigenvalue weighted by molar-refractivity contribution is 6.35. The second-order valence-electron chi connectivity index (χ2n) is 16.5. The maximum absolute atomic E-state index is 12.4. The highest BCUT2D eigenvalue weighted by Crippen LogP contribution is 2.62. The van der Waals surface area contributed by atoms with Gasteiger partial charge in [0.15, 0.2) is 0 Å². The number of benzene rings is 4. The van der Waals surface area contributed by atoms with Gasteiger partial charge >= 0.3 is 11.9 Å². The molecule has 0 saturated heterocycles. The minimum absolute atomic E-state index is 0.215. The van der Waals surface area contributed by atoms with Crippen LogP contribution in [0.5, 0.6) is 0 Å². The van der Waals surface area contributed by atoms with E-state index in [1.165, 1.54) is 0 Å². The first-order valence-electron chi connectivity index (χ1n) is 20.0. The zero-order valence-electron chi connectivity index (χ0n) is 32.1. The summed E-state index contributed by atoms with van der Waals surface area (Å²) < 4.78 is 0. The van der Waals surface area contributed by atoms with Crippen molar-refractivity contribution in [3.8, 4) is 0 Å². The third kappa shape index (κ3) is 7.66. The highest BCUT2D eigenvalue weighted by Gasteiger charge is 2.67. The van der Waals surface area contributed by atoms with E-state index in [-0.39, 0.29) is 11.8 Å². The zero-order chi connectivity index (χ0) is 41.3. The molecular formula is C48H48Cl4O6. The minimum Gasteiger partial charge on any atom is -0.481 e. The summed E-state index contributed by atoms with van der Waals surface area (Å²) >= 11 is 24.8. The van der Waals surface area contributed by atoms with Crippen LogP contribution in [0, 0.1) is 22.7 Å². The number of halogens is 4. The fourth-order valence-electron chi connectivity index (χ4n) is 10.8. The summed E-state index contributed by atoms with van der Waals surface area (Å²) in [5, 5.41) is 46.8. The summed E-state index contributed by atoms with van der Waals surface area (Å²) in [5.74, 6) is -2.23. The van der Waals surface area contributed by atoms with Gasteiger partial charge in [-0.15, -0.1) is 0 Å². The maximum Gasteiger partial charge on any atom is 0.312 e. The van der Waals surface area contributed by atoms with Crippen molar-refractivity contribution >= 4 is 70.5 Å². The van der Waals surface area contributed by atoms with E-state index >= 15 is 0 Å². The second-order valence-corrected chi connectivity index (χ2v) is 18.2. The number of carboxylic acids is 2. The van der Waals surface area contributed by atoms with Crippen LogP contribution in [-0.4, -0.2) is 43.6 Å². The molecule has 8 rings (SSSR count). The Balaban J connectivity index is 0.000000177. The van der Waals surface area contributed by atoms with Crippen molar-refractivity contribution in [3.63, 3.8) is 0 Å². The normalized spacial score (nSPS) is 30.3. The number of aliphatic hydroxyl groups is 2. The van der Waals surface area contributed by atoms with E-state index < -0.39 is 34.0 Å². The molecule has 10 heteroatoms. The number of carbonyl (C=O) groups is 2. The Hall–Kier alpha value is -3.62. The highest BCUT2D eigenvalue weighted by atomic mass is 35.5. The van der Waals surface area contributed by atoms with Crippen molar-refractivity contribution in [1.82, 2.24) is 0 Å². The number of rotatable bonds is 8. The van der Waals surface area contributed by atoms with Crippen LogP contribution < -0.4 is 0 Å². The van der Waals surface area contributed by atoms with Gasteiger partial charge in [0, 0.05) is 20.1 Å². The summed E-state index contributed by atoms with van der Waals surface area (Å²) in [7, 11) is 0. The van der Waals surface area contributed by atoms with E-state index in [4.69, 9.17) is 46.4 Å². The molecule has 4 aromatic rings. The molecule has 4 aliphatic carbocycles. The van der Waals surface area contributed by atoms with E-state index in [1.54, 1.807) is 24.3 Å². The molecule has 304 valence electrons. The van der Waals surface area contributed by atoms with Gasteiger partial charge in [-0.05, 0) is 147 Å². The number of carboxylic acid groups (broad SMARTS) is 2. The fraction of sp³-hybridized carbons (Fsp3) is 0.375. The van der Waals surface area contributed by atoms with Crippen LogP contribution in [0.3, 0.4) is 0 Å². The van der Waals surface area contributed by atoms with Crippen molar-refractivity contribution < 1.29 is 30.0 Å². The predicted molar refractivity (Wildman–Crippen MR) is 232 cm³/mol. The van der Waals surface area contributed by atoms with Crippen molar-refractivity contribution in [2.75, 3.05) is 0 Å². The second kappa shape index (κ2) is 17.2. The van der Waals surface area contributed by atoms with Gasteiger partial charge in [-0.3, -0.25) is 9.59 Å². The standard InChI is InChI=1S/2C24H24Cl2O3/c2*25-20-9-8-17(21(26)15-20)14-19-10-12-23(22(27)28)11-4-7-18(24(19,23)29)13-16-5-2-1-3-6-16/h2*1-3,5-6,8-9,13,15,19,29H,4,7,10-12,14H2,(H,27,28)/b2*18-13+/t2*19-,23+,24+/m10/s1. The molecule has 6 nitrogen and oxygen atoms in total. The van der Waals surface area contributed by atoms with Crippen LogP contribution in [0.1, 0.15) is 86.5 Å². The Bertz CT molecular complexity index is 2070. The van der Waals surface area contributed by atoms with Crippen molar-refractivity contribution in [1.29, 1.82) is 0 Å².